The van der Waals surface area contributed by atoms with Crippen molar-refractivity contribution < 1.29 is 14.3 Å². The summed E-state index contributed by atoms with van der Waals surface area (Å²) in [5.41, 5.74) is 2.42. The van der Waals surface area contributed by atoms with E-state index in [1.807, 2.05) is 35.4 Å². The summed E-state index contributed by atoms with van der Waals surface area (Å²) in [5.74, 6) is 0.797. The van der Waals surface area contributed by atoms with E-state index in [9.17, 15) is 9.59 Å². The van der Waals surface area contributed by atoms with Gasteiger partial charge >= 0.3 is 0 Å². The number of rotatable bonds is 6. The minimum Gasteiger partial charge on any atom is -0.494 e. The van der Waals surface area contributed by atoms with Crippen LogP contribution in [0.2, 0.25) is 0 Å². The zero-order valence-corrected chi connectivity index (χ0v) is 15.1. The van der Waals surface area contributed by atoms with Crippen molar-refractivity contribution in [2.75, 3.05) is 19.7 Å². The molecule has 0 unspecified atom stereocenters. The molecule has 1 aliphatic heterocycles. The minimum absolute atomic E-state index is 0.0685. The molecule has 2 aromatic rings. The maximum Gasteiger partial charge on any atom is 0.261 e. The van der Waals surface area contributed by atoms with Crippen molar-refractivity contribution in [2.45, 2.75) is 26.3 Å². The van der Waals surface area contributed by atoms with Gasteiger partial charge in [0.1, 0.15) is 5.75 Å². The Hall–Kier alpha value is -2.34. The Morgan fingerprint density at radius 2 is 2.16 bits per heavy atom. The highest BCUT2D eigenvalue weighted by atomic mass is 32.1. The topological polar surface area (TPSA) is 58.6 Å². The number of thiophene rings is 1. The van der Waals surface area contributed by atoms with Crippen LogP contribution < -0.4 is 10.1 Å². The standard InChI is InChI=1S/C19H22N2O3S/c1-2-24-16-6-5-14-8-10-21(13-15(14)12-16)18(22)7-9-20-19(23)17-4-3-11-25-17/h3-6,11-12H,2,7-10,13H2,1H3,(H,20,23). The number of benzene rings is 1. The number of ether oxygens (including phenoxy) is 1. The number of amides is 2. The summed E-state index contributed by atoms with van der Waals surface area (Å²) in [4.78, 5) is 26.8. The van der Waals surface area contributed by atoms with Gasteiger partial charge in [-0.25, -0.2) is 0 Å². The van der Waals surface area contributed by atoms with E-state index in [-0.39, 0.29) is 11.8 Å². The van der Waals surface area contributed by atoms with Crippen LogP contribution in [-0.4, -0.2) is 36.4 Å². The molecule has 0 saturated heterocycles. The predicted molar refractivity (Wildman–Crippen MR) is 98.0 cm³/mol. The first-order valence-electron chi connectivity index (χ1n) is 8.51. The fourth-order valence-electron chi connectivity index (χ4n) is 2.94. The number of hydrogen-bond donors (Lipinski definition) is 1. The van der Waals surface area contributed by atoms with E-state index in [1.165, 1.54) is 16.9 Å². The van der Waals surface area contributed by atoms with Crippen LogP contribution in [-0.2, 0) is 17.8 Å². The Morgan fingerprint density at radius 3 is 2.92 bits per heavy atom. The maximum atomic E-state index is 12.4. The molecule has 0 saturated carbocycles. The first-order valence-corrected chi connectivity index (χ1v) is 9.39. The van der Waals surface area contributed by atoms with Gasteiger partial charge in [-0.1, -0.05) is 12.1 Å². The third kappa shape index (κ3) is 4.39. The Balaban J connectivity index is 1.51. The monoisotopic (exact) mass is 358 g/mol. The second-order valence-corrected chi connectivity index (χ2v) is 6.86. The Morgan fingerprint density at radius 1 is 1.28 bits per heavy atom. The van der Waals surface area contributed by atoms with Crippen LogP contribution in [0, 0.1) is 0 Å². The van der Waals surface area contributed by atoms with Crippen LogP contribution in [0.4, 0.5) is 0 Å². The van der Waals surface area contributed by atoms with E-state index in [4.69, 9.17) is 4.74 Å². The van der Waals surface area contributed by atoms with Gasteiger partial charge in [0.2, 0.25) is 5.91 Å². The summed E-state index contributed by atoms with van der Waals surface area (Å²) in [6, 6.07) is 9.71. The molecule has 1 N–H and O–H groups in total. The summed E-state index contributed by atoms with van der Waals surface area (Å²) in [6.45, 7) is 4.27. The lowest BCUT2D eigenvalue weighted by Gasteiger charge is -2.29. The molecule has 2 heterocycles. The predicted octanol–water partition coefficient (Wildman–Crippen LogP) is 2.85. The van der Waals surface area contributed by atoms with Crippen LogP contribution in [0.3, 0.4) is 0 Å². The molecule has 2 amide bonds. The van der Waals surface area contributed by atoms with Gasteiger partial charge in [-0.15, -0.1) is 11.3 Å². The molecular formula is C19H22N2O3S. The van der Waals surface area contributed by atoms with E-state index >= 15 is 0 Å². The van der Waals surface area contributed by atoms with Crippen molar-refractivity contribution >= 4 is 23.2 Å². The third-order valence-electron chi connectivity index (χ3n) is 4.22. The minimum atomic E-state index is -0.117. The number of nitrogens with zero attached hydrogens (tertiary/aromatic N) is 1. The van der Waals surface area contributed by atoms with E-state index in [0.29, 0.717) is 31.0 Å². The molecule has 0 spiro atoms. The molecule has 3 rings (SSSR count). The number of hydrogen-bond acceptors (Lipinski definition) is 4. The highest BCUT2D eigenvalue weighted by Gasteiger charge is 2.21. The van der Waals surface area contributed by atoms with E-state index < -0.39 is 0 Å². The fraction of sp³-hybridized carbons (Fsp3) is 0.368. The van der Waals surface area contributed by atoms with E-state index in [1.54, 1.807) is 6.07 Å². The van der Waals surface area contributed by atoms with Crippen LogP contribution in [0.25, 0.3) is 0 Å². The van der Waals surface area contributed by atoms with Crippen molar-refractivity contribution in [3.05, 3.63) is 51.7 Å². The fourth-order valence-corrected chi connectivity index (χ4v) is 3.58. The summed E-state index contributed by atoms with van der Waals surface area (Å²) >= 11 is 1.40. The van der Waals surface area contributed by atoms with Crippen molar-refractivity contribution in [2.24, 2.45) is 0 Å². The van der Waals surface area contributed by atoms with Gasteiger partial charge in [0.05, 0.1) is 11.5 Å². The first kappa shape index (κ1) is 17.5. The zero-order valence-electron chi connectivity index (χ0n) is 14.3. The smallest absolute Gasteiger partial charge is 0.261 e. The Kier molecular flexibility index (Phi) is 5.71. The zero-order chi connectivity index (χ0) is 17.6. The quantitative estimate of drug-likeness (QED) is 0.864. The van der Waals surface area contributed by atoms with Gasteiger partial charge in [0, 0.05) is 26.1 Å². The maximum absolute atomic E-state index is 12.4. The molecule has 0 fully saturated rings. The lowest BCUT2D eigenvalue weighted by atomic mass is 9.99. The lowest BCUT2D eigenvalue weighted by molar-refractivity contribution is -0.131. The van der Waals surface area contributed by atoms with Gasteiger partial charge < -0.3 is 15.0 Å². The van der Waals surface area contributed by atoms with Gasteiger partial charge in [-0.05, 0) is 48.1 Å². The summed E-state index contributed by atoms with van der Waals surface area (Å²) < 4.78 is 5.54. The highest BCUT2D eigenvalue weighted by Crippen LogP contribution is 2.24. The first-order chi connectivity index (χ1) is 12.2. The second kappa shape index (κ2) is 8.16. The molecule has 6 heteroatoms. The van der Waals surface area contributed by atoms with Crippen molar-refractivity contribution in [1.29, 1.82) is 0 Å². The number of carbonyl (C=O) groups is 2. The molecule has 25 heavy (non-hydrogen) atoms. The SMILES string of the molecule is CCOc1ccc2c(c1)CN(C(=O)CCNC(=O)c1cccs1)CC2. The molecule has 1 aliphatic rings. The molecule has 132 valence electrons. The van der Waals surface area contributed by atoms with Crippen molar-refractivity contribution in [3.8, 4) is 5.75 Å². The van der Waals surface area contributed by atoms with Crippen molar-refractivity contribution in [3.63, 3.8) is 0 Å². The summed E-state index contributed by atoms with van der Waals surface area (Å²) in [5, 5.41) is 4.67. The summed E-state index contributed by atoms with van der Waals surface area (Å²) in [6.07, 6.45) is 1.17. The van der Waals surface area contributed by atoms with Crippen LogP contribution in [0.1, 0.15) is 34.1 Å². The Bertz CT molecular complexity index is 743. The van der Waals surface area contributed by atoms with Gasteiger partial charge in [-0.3, -0.25) is 9.59 Å². The van der Waals surface area contributed by atoms with Crippen molar-refractivity contribution in [1.82, 2.24) is 10.2 Å². The van der Waals surface area contributed by atoms with Crippen LogP contribution in [0.15, 0.2) is 35.7 Å². The molecule has 0 aliphatic carbocycles. The lowest BCUT2D eigenvalue weighted by Crippen LogP contribution is -2.38. The average molecular weight is 358 g/mol. The average Bonchev–Trinajstić information content (AvgIpc) is 3.16. The highest BCUT2D eigenvalue weighted by molar-refractivity contribution is 7.12. The molecular weight excluding hydrogens is 336 g/mol. The number of fused-ring (bicyclic) bond motifs is 1. The third-order valence-corrected chi connectivity index (χ3v) is 5.09. The van der Waals surface area contributed by atoms with Gasteiger partial charge in [-0.2, -0.15) is 0 Å². The van der Waals surface area contributed by atoms with Crippen LogP contribution in [0.5, 0.6) is 5.75 Å². The van der Waals surface area contributed by atoms with Crippen LogP contribution >= 0.6 is 11.3 Å². The molecule has 5 nitrogen and oxygen atoms in total. The number of carbonyl (C=O) groups excluding carboxylic acids is 2. The molecule has 1 aromatic carbocycles. The number of nitrogens with one attached hydrogen (secondary N) is 1. The molecule has 1 aromatic heterocycles. The van der Waals surface area contributed by atoms with E-state index in [0.717, 1.165) is 24.3 Å². The second-order valence-electron chi connectivity index (χ2n) is 5.91. The van der Waals surface area contributed by atoms with E-state index in [2.05, 4.69) is 11.4 Å². The van der Waals surface area contributed by atoms with Gasteiger partial charge in [0.15, 0.2) is 0 Å². The molecule has 0 atom stereocenters. The summed E-state index contributed by atoms with van der Waals surface area (Å²) in [7, 11) is 0. The normalized spacial score (nSPS) is 13.2. The Labute approximate surface area is 151 Å². The van der Waals surface area contributed by atoms with Gasteiger partial charge in [0.25, 0.3) is 5.91 Å². The molecule has 0 radical (unpaired) electrons. The molecule has 0 bridgehead atoms. The largest absolute Gasteiger partial charge is 0.494 e.